The highest BCUT2D eigenvalue weighted by molar-refractivity contribution is 5.87. The first kappa shape index (κ1) is 19.1. The maximum absolute atomic E-state index is 4.32. The smallest absolute Gasteiger partial charge is 0.174 e. The van der Waals surface area contributed by atoms with Gasteiger partial charge in [-0.25, -0.2) is 4.58 Å². The molecule has 0 saturated carbocycles. The van der Waals surface area contributed by atoms with E-state index in [9.17, 15) is 0 Å². The molecule has 3 aromatic rings. The Kier molecular flexibility index (Phi) is 5.91. The lowest BCUT2D eigenvalue weighted by Gasteiger charge is -2.17. The maximum atomic E-state index is 4.32. The number of hydrogen-bond donors (Lipinski definition) is 0. The highest BCUT2D eigenvalue weighted by Gasteiger charge is 2.18. The zero-order valence-electron chi connectivity index (χ0n) is 16.8. The molecule has 0 N–H and O–H groups in total. The predicted octanol–water partition coefficient (Wildman–Crippen LogP) is 6.42. The number of nitrogens with zero attached hydrogens (tertiary/aromatic N) is 1. The fourth-order valence-electron chi connectivity index (χ4n) is 3.82. The minimum absolute atomic E-state index is 0.409. The van der Waals surface area contributed by atoms with Crippen molar-refractivity contribution in [2.24, 2.45) is 0 Å². The average Bonchev–Trinajstić information content (AvgIpc) is 2.67. The first-order valence-electron chi connectivity index (χ1n) is 9.75. The van der Waals surface area contributed by atoms with Gasteiger partial charge in [0.1, 0.15) is 6.72 Å². The molecule has 27 heavy (non-hydrogen) atoms. The molecule has 1 nitrogen and oxygen atoms in total. The molecule has 0 spiro atoms. The van der Waals surface area contributed by atoms with Crippen LogP contribution in [0.25, 0.3) is 10.8 Å². The molecule has 0 fully saturated rings. The summed E-state index contributed by atoms with van der Waals surface area (Å²) in [4.78, 5) is 0. The molecular weight excluding hydrogens is 326 g/mol. The van der Waals surface area contributed by atoms with Crippen molar-refractivity contribution in [3.05, 3.63) is 95.2 Å². The highest BCUT2D eigenvalue weighted by Crippen LogP contribution is 2.32. The van der Waals surface area contributed by atoms with E-state index in [1.54, 1.807) is 0 Å². The van der Waals surface area contributed by atoms with Crippen molar-refractivity contribution in [2.75, 3.05) is 6.54 Å². The van der Waals surface area contributed by atoms with Crippen molar-refractivity contribution in [1.29, 1.82) is 0 Å². The Hall–Kier alpha value is -2.67. The van der Waals surface area contributed by atoms with Gasteiger partial charge in [-0.1, -0.05) is 73.2 Å². The molecule has 0 aliphatic heterocycles. The summed E-state index contributed by atoms with van der Waals surface area (Å²) in [5, 5.41) is 2.66. The molecule has 0 aromatic heterocycles. The van der Waals surface area contributed by atoms with Crippen molar-refractivity contribution < 1.29 is 4.58 Å². The number of allylic oxidation sites excluding steroid dienone is 1. The first-order valence-corrected chi connectivity index (χ1v) is 9.75. The Bertz CT molecular complexity index is 963. The lowest BCUT2D eigenvalue weighted by Crippen LogP contribution is -2.14. The van der Waals surface area contributed by atoms with Crippen LogP contribution >= 0.6 is 0 Å². The Labute approximate surface area is 163 Å². The number of fused-ring (bicyclic) bond motifs is 1. The van der Waals surface area contributed by atoms with Crippen LogP contribution in [0.1, 0.15) is 41.5 Å². The van der Waals surface area contributed by atoms with Crippen LogP contribution in [0.4, 0.5) is 0 Å². The van der Waals surface area contributed by atoms with Gasteiger partial charge < -0.3 is 0 Å². The van der Waals surface area contributed by atoms with Crippen LogP contribution in [-0.4, -0.2) is 17.8 Å². The van der Waals surface area contributed by atoms with Crippen molar-refractivity contribution >= 4 is 17.5 Å². The normalized spacial score (nSPS) is 12.1. The van der Waals surface area contributed by atoms with Crippen molar-refractivity contribution in [1.82, 2.24) is 0 Å². The molecule has 0 radical (unpaired) electrons. The Morgan fingerprint density at radius 2 is 1.67 bits per heavy atom. The molecule has 1 unspecified atom stereocenters. The monoisotopic (exact) mass is 356 g/mol. The van der Waals surface area contributed by atoms with Crippen LogP contribution in [0.15, 0.2) is 72.9 Å². The quantitative estimate of drug-likeness (QED) is 0.339. The van der Waals surface area contributed by atoms with Gasteiger partial charge in [0, 0.05) is 12.8 Å². The second-order valence-corrected chi connectivity index (χ2v) is 7.69. The van der Waals surface area contributed by atoms with Crippen molar-refractivity contribution in [3.63, 3.8) is 0 Å². The molecule has 0 heterocycles. The summed E-state index contributed by atoms with van der Waals surface area (Å²) < 4.78 is 2.07. The summed E-state index contributed by atoms with van der Waals surface area (Å²) in [5.41, 5.74) is 6.53. The standard InChI is InChI=1S/C26H30N/c1-19-10-13-23(14-11-19)16-17-27(5)22(4)18-21(3)26-20(2)12-15-24-8-6-7-9-25(24)26/h6-15,21H,4-5,16-18H2,1-3H3/q+1. The largest absolute Gasteiger partial charge is 0.209 e. The zero-order valence-corrected chi connectivity index (χ0v) is 16.8. The van der Waals surface area contributed by atoms with E-state index in [-0.39, 0.29) is 0 Å². The Morgan fingerprint density at radius 1 is 0.963 bits per heavy atom. The third-order valence-electron chi connectivity index (χ3n) is 5.46. The molecule has 138 valence electrons. The third kappa shape index (κ3) is 4.54. The van der Waals surface area contributed by atoms with Gasteiger partial charge in [0.25, 0.3) is 0 Å². The van der Waals surface area contributed by atoms with Gasteiger partial charge in [-0.05, 0) is 53.8 Å². The van der Waals surface area contributed by atoms with Gasteiger partial charge in [0.15, 0.2) is 12.2 Å². The van der Waals surface area contributed by atoms with E-state index < -0.39 is 0 Å². The van der Waals surface area contributed by atoms with E-state index in [1.165, 1.54) is 33.0 Å². The molecule has 1 heteroatoms. The van der Waals surface area contributed by atoms with E-state index >= 15 is 0 Å². The van der Waals surface area contributed by atoms with E-state index in [2.05, 4.69) is 99.3 Å². The first-order chi connectivity index (χ1) is 13.0. The molecule has 0 aliphatic carbocycles. The van der Waals surface area contributed by atoms with Crippen molar-refractivity contribution in [3.8, 4) is 0 Å². The highest BCUT2D eigenvalue weighted by atomic mass is 15.0. The zero-order chi connectivity index (χ0) is 19.4. The van der Waals surface area contributed by atoms with Crippen LogP contribution in [0.5, 0.6) is 0 Å². The lowest BCUT2D eigenvalue weighted by molar-refractivity contribution is -0.470. The fourth-order valence-corrected chi connectivity index (χ4v) is 3.82. The fraction of sp³-hybridized carbons (Fsp3) is 0.269. The predicted molar refractivity (Wildman–Crippen MR) is 118 cm³/mol. The Balaban J connectivity index is 1.67. The second kappa shape index (κ2) is 8.35. The maximum Gasteiger partial charge on any atom is 0.174 e. The molecule has 0 aliphatic rings. The van der Waals surface area contributed by atoms with E-state index in [4.69, 9.17) is 0 Å². The number of rotatable bonds is 7. The van der Waals surface area contributed by atoms with Crippen LogP contribution in [0.2, 0.25) is 0 Å². The summed E-state index contributed by atoms with van der Waals surface area (Å²) in [5.74, 6) is 0.409. The van der Waals surface area contributed by atoms with Crippen molar-refractivity contribution in [2.45, 2.75) is 39.5 Å². The molecule has 1 atom stereocenters. The van der Waals surface area contributed by atoms with Crippen LogP contribution < -0.4 is 0 Å². The molecule has 0 saturated heterocycles. The molecule has 0 amide bonds. The average molecular weight is 357 g/mol. The van der Waals surface area contributed by atoms with Crippen LogP contribution in [0.3, 0.4) is 0 Å². The SMILES string of the molecule is C=C(CC(C)c1c(C)ccc2ccccc12)[N+](=C)CCc1ccc(C)cc1. The summed E-state index contributed by atoms with van der Waals surface area (Å²) in [6.07, 6.45) is 1.91. The van der Waals surface area contributed by atoms with Crippen LogP contribution in [0, 0.1) is 13.8 Å². The summed E-state index contributed by atoms with van der Waals surface area (Å²) in [6.45, 7) is 16.1. The topological polar surface area (TPSA) is 3.01 Å². The van der Waals surface area contributed by atoms with E-state index in [0.717, 1.165) is 25.1 Å². The van der Waals surface area contributed by atoms with Gasteiger partial charge in [0.05, 0.1) is 0 Å². The number of benzene rings is 3. The molecular formula is C26H30N+. The third-order valence-corrected chi connectivity index (χ3v) is 5.46. The van der Waals surface area contributed by atoms with Gasteiger partial charge in [-0.2, -0.15) is 0 Å². The molecule has 3 aromatic carbocycles. The minimum atomic E-state index is 0.409. The lowest BCUT2D eigenvalue weighted by atomic mass is 9.88. The number of hydrogen-bond acceptors (Lipinski definition) is 0. The minimum Gasteiger partial charge on any atom is -0.209 e. The molecule has 3 rings (SSSR count). The summed E-state index contributed by atoms with van der Waals surface area (Å²) in [7, 11) is 0. The second-order valence-electron chi connectivity index (χ2n) is 7.69. The van der Waals surface area contributed by atoms with Gasteiger partial charge in [0.2, 0.25) is 0 Å². The van der Waals surface area contributed by atoms with Gasteiger partial charge in [-0.3, -0.25) is 0 Å². The molecule has 0 bridgehead atoms. The van der Waals surface area contributed by atoms with E-state index in [1.807, 2.05) is 0 Å². The van der Waals surface area contributed by atoms with E-state index in [0.29, 0.717) is 5.92 Å². The van der Waals surface area contributed by atoms with Crippen LogP contribution in [-0.2, 0) is 6.42 Å². The summed E-state index contributed by atoms with van der Waals surface area (Å²) in [6, 6.07) is 21.8. The van der Waals surface area contributed by atoms with Gasteiger partial charge >= 0.3 is 0 Å². The summed E-state index contributed by atoms with van der Waals surface area (Å²) >= 11 is 0. The number of aryl methyl sites for hydroxylation is 2. The van der Waals surface area contributed by atoms with Gasteiger partial charge in [-0.15, -0.1) is 0 Å². The Morgan fingerprint density at radius 3 is 2.41 bits per heavy atom.